The molecule has 0 bridgehead atoms. The SMILES string of the molecule is Cc1cc(C(=O)Nc2cccnc2N2CCOCC2)c(C)n1C1CC1. The lowest BCUT2D eigenvalue weighted by Gasteiger charge is -2.29. The minimum atomic E-state index is -0.0671. The second-order valence-electron chi connectivity index (χ2n) is 6.81. The van der Waals surface area contributed by atoms with E-state index in [1.54, 1.807) is 6.20 Å². The van der Waals surface area contributed by atoms with Gasteiger partial charge in [0.1, 0.15) is 0 Å². The normalized spacial score (nSPS) is 17.6. The average Bonchev–Trinajstić information content (AvgIpc) is 3.41. The molecular formula is C19H24N4O2. The Bertz CT molecular complexity index is 789. The van der Waals surface area contributed by atoms with Gasteiger partial charge >= 0.3 is 0 Å². The number of pyridine rings is 1. The Balaban J connectivity index is 1.58. The van der Waals surface area contributed by atoms with E-state index >= 15 is 0 Å². The Labute approximate surface area is 147 Å². The molecule has 1 saturated heterocycles. The van der Waals surface area contributed by atoms with Crippen LogP contribution >= 0.6 is 0 Å². The van der Waals surface area contributed by atoms with Gasteiger partial charge < -0.3 is 19.5 Å². The van der Waals surface area contributed by atoms with Gasteiger partial charge in [-0.2, -0.15) is 0 Å². The van der Waals surface area contributed by atoms with E-state index in [-0.39, 0.29) is 5.91 Å². The maximum Gasteiger partial charge on any atom is 0.257 e. The van der Waals surface area contributed by atoms with Crippen molar-refractivity contribution in [2.24, 2.45) is 0 Å². The second kappa shape index (κ2) is 6.52. The van der Waals surface area contributed by atoms with Crippen LogP contribution in [0.3, 0.4) is 0 Å². The van der Waals surface area contributed by atoms with Gasteiger partial charge in [-0.1, -0.05) is 0 Å². The summed E-state index contributed by atoms with van der Waals surface area (Å²) < 4.78 is 7.70. The van der Waals surface area contributed by atoms with E-state index in [4.69, 9.17) is 4.74 Å². The van der Waals surface area contributed by atoms with Gasteiger partial charge in [-0.05, 0) is 44.9 Å². The number of amides is 1. The summed E-state index contributed by atoms with van der Waals surface area (Å²) in [7, 11) is 0. The number of anilines is 2. The predicted octanol–water partition coefficient (Wildman–Crippen LogP) is 2.92. The summed E-state index contributed by atoms with van der Waals surface area (Å²) in [6.07, 6.45) is 4.18. The molecule has 6 nitrogen and oxygen atoms in total. The fraction of sp³-hybridized carbons (Fsp3) is 0.474. The van der Waals surface area contributed by atoms with Crippen LogP contribution in [0.2, 0.25) is 0 Å². The Kier molecular flexibility index (Phi) is 4.21. The molecule has 2 fully saturated rings. The third-order valence-corrected chi connectivity index (χ3v) is 4.99. The minimum absolute atomic E-state index is 0.0671. The Morgan fingerprint density at radius 2 is 2.04 bits per heavy atom. The van der Waals surface area contributed by atoms with Gasteiger partial charge in [0.05, 0.1) is 24.5 Å². The van der Waals surface area contributed by atoms with Crippen LogP contribution in [-0.4, -0.2) is 41.8 Å². The monoisotopic (exact) mass is 340 g/mol. The third kappa shape index (κ3) is 3.14. The molecule has 1 aliphatic carbocycles. The Morgan fingerprint density at radius 1 is 1.28 bits per heavy atom. The molecule has 0 aromatic carbocycles. The van der Waals surface area contributed by atoms with Crippen LogP contribution in [0.4, 0.5) is 11.5 Å². The Morgan fingerprint density at radius 3 is 2.76 bits per heavy atom. The molecule has 1 aliphatic heterocycles. The third-order valence-electron chi connectivity index (χ3n) is 4.99. The van der Waals surface area contributed by atoms with E-state index < -0.39 is 0 Å². The quantitative estimate of drug-likeness (QED) is 0.930. The van der Waals surface area contributed by atoms with Crippen LogP contribution in [0.15, 0.2) is 24.4 Å². The van der Waals surface area contributed by atoms with Crippen LogP contribution in [0, 0.1) is 13.8 Å². The number of hydrogen-bond acceptors (Lipinski definition) is 4. The molecule has 2 aromatic heterocycles. The summed E-state index contributed by atoms with van der Waals surface area (Å²) in [5.41, 5.74) is 3.71. The number of rotatable bonds is 4. The van der Waals surface area contributed by atoms with Crippen LogP contribution in [0.5, 0.6) is 0 Å². The smallest absolute Gasteiger partial charge is 0.257 e. The molecule has 1 amide bonds. The van der Waals surface area contributed by atoms with Crippen molar-refractivity contribution in [3.63, 3.8) is 0 Å². The van der Waals surface area contributed by atoms with Crippen molar-refractivity contribution in [2.45, 2.75) is 32.7 Å². The van der Waals surface area contributed by atoms with Gasteiger partial charge in [-0.3, -0.25) is 4.79 Å². The molecule has 25 heavy (non-hydrogen) atoms. The largest absolute Gasteiger partial charge is 0.378 e. The van der Waals surface area contributed by atoms with Crippen molar-refractivity contribution in [1.82, 2.24) is 9.55 Å². The fourth-order valence-corrected chi connectivity index (χ4v) is 3.61. The highest BCUT2D eigenvalue weighted by Gasteiger charge is 2.28. The molecule has 0 unspecified atom stereocenters. The van der Waals surface area contributed by atoms with E-state index in [0.29, 0.717) is 19.3 Å². The molecular weight excluding hydrogens is 316 g/mol. The van der Waals surface area contributed by atoms with Crippen LogP contribution < -0.4 is 10.2 Å². The van der Waals surface area contributed by atoms with Crippen molar-refractivity contribution in [3.05, 3.63) is 41.3 Å². The predicted molar refractivity (Wildman–Crippen MR) is 97.4 cm³/mol. The summed E-state index contributed by atoms with van der Waals surface area (Å²) in [4.78, 5) is 19.5. The molecule has 0 radical (unpaired) electrons. The highest BCUT2D eigenvalue weighted by Crippen LogP contribution is 2.38. The lowest BCUT2D eigenvalue weighted by molar-refractivity contribution is 0.102. The van der Waals surface area contributed by atoms with Crippen LogP contribution in [0.25, 0.3) is 0 Å². The highest BCUT2D eigenvalue weighted by atomic mass is 16.5. The number of carbonyl (C=O) groups is 1. The number of hydrogen-bond donors (Lipinski definition) is 1. The maximum atomic E-state index is 12.9. The first-order valence-corrected chi connectivity index (χ1v) is 8.92. The first-order chi connectivity index (χ1) is 12.1. The van der Waals surface area contributed by atoms with Crippen LogP contribution in [0.1, 0.15) is 40.6 Å². The zero-order valence-corrected chi connectivity index (χ0v) is 14.8. The van der Waals surface area contributed by atoms with E-state index in [2.05, 4.69) is 26.7 Å². The number of aromatic nitrogens is 2. The maximum absolute atomic E-state index is 12.9. The van der Waals surface area contributed by atoms with Gasteiger partial charge in [0, 0.05) is 36.7 Å². The zero-order valence-electron chi connectivity index (χ0n) is 14.8. The first kappa shape index (κ1) is 16.1. The van der Waals surface area contributed by atoms with Crippen molar-refractivity contribution in [1.29, 1.82) is 0 Å². The average molecular weight is 340 g/mol. The van der Waals surface area contributed by atoms with Crippen LogP contribution in [-0.2, 0) is 4.74 Å². The molecule has 6 heteroatoms. The van der Waals surface area contributed by atoms with Crippen molar-refractivity contribution >= 4 is 17.4 Å². The molecule has 0 spiro atoms. The highest BCUT2D eigenvalue weighted by molar-refractivity contribution is 6.06. The van der Waals surface area contributed by atoms with E-state index in [9.17, 15) is 4.79 Å². The molecule has 132 valence electrons. The van der Waals surface area contributed by atoms with Crippen molar-refractivity contribution in [3.8, 4) is 0 Å². The number of nitrogens with one attached hydrogen (secondary N) is 1. The molecule has 0 atom stereocenters. The summed E-state index contributed by atoms with van der Waals surface area (Å²) in [5, 5.41) is 3.07. The second-order valence-corrected chi connectivity index (χ2v) is 6.81. The lowest BCUT2D eigenvalue weighted by atomic mass is 10.2. The molecule has 2 aliphatic rings. The number of ether oxygens (including phenoxy) is 1. The van der Waals surface area contributed by atoms with Crippen molar-refractivity contribution in [2.75, 3.05) is 36.5 Å². The van der Waals surface area contributed by atoms with Gasteiger partial charge in [-0.15, -0.1) is 0 Å². The fourth-order valence-electron chi connectivity index (χ4n) is 3.61. The summed E-state index contributed by atoms with van der Waals surface area (Å²) in [6, 6.07) is 6.33. The first-order valence-electron chi connectivity index (χ1n) is 8.92. The summed E-state index contributed by atoms with van der Waals surface area (Å²) >= 11 is 0. The number of carbonyl (C=O) groups excluding carboxylic acids is 1. The van der Waals surface area contributed by atoms with Gasteiger partial charge in [-0.25, -0.2) is 4.98 Å². The number of morpholine rings is 1. The minimum Gasteiger partial charge on any atom is -0.378 e. The van der Waals surface area contributed by atoms with E-state index in [1.807, 2.05) is 25.1 Å². The molecule has 3 heterocycles. The molecule has 2 aromatic rings. The number of aryl methyl sites for hydroxylation is 1. The van der Waals surface area contributed by atoms with Gasteiger partial charge in [0.25, 0.3) is 5.91 Å². The summed E-state index contributed by atoms with van der Waals surface area (Å²) in [5.74, 6) is 0.748. The summed E-state index contributed by atoms with van der Waals surface area (Å²) in [6.45, 7) is 7.06. The topological polar surface area (TPSA) is 59.4 Å². The zero-order chi connectivity index (χ0) is 17.4. The number of nitrogens with zero attached hydrogens (tertiary/aromatic N) is 3. The molecule has 4 rings (SSSR count). The van der Waals surface area contributed by atoms with E-state index in [1.165, 1.54) is 12.8 Å². The Hall–Kier alpha value is -2.34. The van der Waals surface area contributed by atoms with Crippen molar-refractivity contribution < 1.29 is 9.53 Å². The van der Waals surface area contributed by atoms with E-state index in [0.717, 1.165) is 41.5 Å². The molecule has 1 saturated carbocycles. The van der Waals surface area contributed by atoms with Gasteiger partial charge in [0.15, 0.2) is 5.82 Å². The van der Waals surface area contributed by atoms with Gasteiger partial charge in [0.2, 0.25) is 0 Å². The molecule has 1 N–H and O–H groups in total. The lowest BCUT2D eigenvalue weighted by Crippen LogP contribution is -2.37. The standard InChI is InChI=1S/C19H24N4O2/c1-13-12-16(14(2)23(13)15-5-6-15)19(24)21-17-4-3-7-20-18(17)22-8-10-25-11-9-22/h3-4,7,12,15H,5-6,8-11H2,1-2H3,(H,21,24).